The zero-order valence-electron chi connectivity index (χ0n) is 33.7. The highest BCUT2D eigenvalue weighted by Gasteiger charge is 2.24. The molecular formula is C39H57N5O7Si3. The molecule has 0 unspecified atom stereocenters. The first kappa shape index (κ1) is 41.3. The lowest BCUT2D eigenvalue weighted by Gasteiger charge is -2.19. The van der Waals surface area contributed by atoms with Crippen LogP contribution in [0.15, 0.2) is 64.3 Å². The lowest BCUT2D eigenvalue weighted by molar-refractivity contribution is 0.0208. The van der Waals surface area contributed by atoms with Crippen molar-refractivity contribution in [2.75, 3.05) is 33.7 Å². The third-order valence-electron chi connectivity index (χ3n) is 8.85. The molecule has 0 fully saturated rings. The third kappa shape index (κ3) is 11.3. The van der Waals surface area contributed by atoms with E-state index in [9.17, 15) is 4.79 Å². The molecule has 0 aliphatic rings. The van der Waals surface area contributed by atoms with E-state index in [0.29, 0.717) is 65.3 Å². The second kappa shape index (κ2) is 17.7. The molecule has 5 rings (SSSR count). The summed E-state index contributed by atoms with van der Waals surface area (Å²) in [6.07, 6.45) is 2.99. The van der Waals surface area contributed by atoms with Gasteiger partial charge in [0.2, 0.25) is 0 Å². The van der Waals surface area contributed by atoms with Gasteiger partial charge in [0, 0.05) is 49.6 Å². The van der Waals surface area contributed by atoms with Gasteiger partial charge in [0.05, 0.1) is 41.2 Å². The van der Waals surface area contributed by atoms with Crippen LogP contribution in [-0.2, 0) is 27.7 Å². The summed E-state index contributed by atoms with van der Waals surface area (Å²) in [5.74, 6) is 1.87. The molecule has 0 amide bonds. The first-order chi connectivity index (χ1) is 25.5. The van der Waals surface area contributed by atoms with Crippen LogP contribution in [0.1, 0.15) is 0 Å². The van der Waals surface area contributed by atoms with Gasteiger partial charge in [-0.3, -0.25) is 9.36 Å². The fraction of sp³-hybridized carbons (Fsp3) is 0.487. The minimum absolute atomic E-state index is 0.0147. The van der Waals surface area contributed by atoms with Crippen LogP contribution in [0.5, 0.6) is 11.5 Å². The number of ether oxygens (including phenoxy) is 5. The molecule has 12 nitrogen and oxygen atoms in total. The number of imidazole rings is 1. The van der Waals surface area contributed by atoms with E-state index < -0.39 is 24.2 Å². The predicted octanol–water partition coefficient (Wildman–Crippen LogP) is 8.91. The fourth-order valence-corrected chi connectivity index (χ4v) is 7.80. The van der Waals surface area contributed by atoms with Crippen molar-refractivity contribution in [1.82, 2.24) is 24.3 Å². The Kier molecular flexibility index (Phi) is 13.6. The highest BCUT2D eigenvalue weighted by molar-refractivity contribution is 6.76. The van der Waals surface area contributed by atoms with Crippen LogP contribution in [0.25, 0.3) is 45.0 Å². The molecule has 5 aromatic rings. The van der Waals surface area contributed by atoms with Gasteiger partial charge in [0.1, 0.15) is 19.3 Å². The lowest BCUT2D eigenvalue weighted by Crippen LogP contribution is -2.28. The van der Waals surface area contributed by atoms with Crippen LogP contribution < -0.4 is 15.0 Å². The standard InChI is InChI=1S/C39H57N5O7Si3/c1-46-35-22-29(21-30(36-24-40-25-50-36)37(35)51-28-49-17-20-54(8,9)10)33-23-31(39(45)44(42-33)27-48-16-19-53(5,6)7)38-41-32-13-11-12-14-34(32)43(38)26-47-15-18-52(2,3)4/h11-14,21-25H,15-20,26-28H2,1-10H3. The normalized spacial score (nSPS) is 12.5. The molecule has 3 heterocycles. The van der Waals surface area contributed by atoms with E-state index in [-0.39, 0.29) is 25.8 Å². The number of methoxy groups -OCH3 is 1. The van der Waals surface area contributed by atoms with E-state index in [1.54, 1.807) is 19.4 Å². The van der Waals surface area contributed by atoms with Crippen molar-refractivity contribution in [3.8, 4) is 45.5 Å². The quantitative estimate of drug-likeness (QED) is 0.0429. The molecule has 2 aromatic carbocycles. The summed E-state index contributed by atoms with van der Waals surface area (Å²) in [4.78, 5) is 23.5. The van der Waals surface area contributed by atoms with Gasteiger partial charge in [0.25, 0.3) is 5.56 Å². The largest absolute Gasteiger partial charge is 0.493 e. The molecule has 0 bridgehead atoms. The molecule has 292 valence electrons. The topological polar surface area (TPSA) is 125 Å². The summed E-state index contributed by atoms with van der Waals surface area (Å²) in [5, 5.41) is 4.85. The molecule has 0 aliphatic heterocycles. The molecule has 0 radical (unpaired) electrons. The molecule has 54 heavy (non-hydrogen) atoms. The Labute approximate surface area is 321 Å². The van der Waals surface area contributed by atoms with E-state index in [1.165, 1.54) is 11.1 Å². The Morgan fingerprint density at radius 2 is 1.43 bits per heavy atom. The van der Waals surface area contributed by atoms with Gasteiger partial charge in [-0.1, -0.05) is 71.1 Å². The van der Waals surface area contributed by atoms with Gasteiger partial charge in [-0.15, -0.1) is 0 Å². The number of oxazole rings is 1. The summed E-state index contributed by atoms with van der Waals surface area (Å²) in [6, 6.07) is 16.4. The molecule has 0 spiro atoms. The van der Waals surface area contributed by atoms with Crippen molar-refractivity contribution in [3.05, 3.63) is 65.4 Å². The Morgan fingerprint density at radius 1 is 0.778 bits per heavy atom. The molecule has 15 heteroatoms. The van der Waals surface area contributed by atoms with E-state index >= 15 is 0 Å². The zero-order chi connectivity index (χ0) is 39.1. The zero-order valence-corrected chi connectivity index (χ0v) is 36.7. The van der Waals surface area contributed by atoms with Gasteiger partial charge in [-0.05, 0) is 48.5 Å². The van der Waals surface area contributed by atoms with Crippen LogP contribution in [0.2, 0.25) is 77.1 Å². The lowest BCUT2D eigenvalue weighted by atomic mass is 10.0. The second-order valence-electron chi connectivity index (χ2n) is 17.2. The maximum atomic E-state index is 14.4. The Balaban J connectivity index is 1.60. The number of para-hydroxylation sites is 2. The van der Waals surface area contributed by atoms with E-state index in [0.717, 1.165) is 29.2 Å². The van der Waals surface area contributed by atoms with Gasteiger partial charge in [-0.25, -0.2) is 14.6 Å². The molecule has 0 saturated heterocycles. The van der Waals surface area contributed by atoms with Gasteiger partial charge in [0.15, 0.2) is 30.4 Å². The van der Waals surface area contributed by atoms with Gasteiger partial charge in [-0.2, -0.15) is 5.10 Å². The molecule has 0 aliphatic carbocycles. The van der Waals surface area contributed by atoms with Gasteiger partial charge >= 0.3 is 0 Å². The monoisotopic (exact) mass is 791 g/mol. The molecule has 0 saturated carbocycles. The second-order valence-corrected chi connectivity index (χ2v) is 34.1. The van der Waals surface area contributed by atoms with Gasteiger partial charge < -0.3 is 28.1 Å². The van der Waals surface area contributed by atoms with Crippen molar-refractivity contribution in [3.63, 3.8) is 0 Å². The van der Waals surface area contributed by atoms with Crippen molar-refractivity contribution < 1.29 is 28.1 Å². The van der Waals surface area contributed by atoms with Crippen LogP contribution in [0.3, 0.4) is 0 Å². The van der Waals surface area contributed by atoms with E-state index in [4.69, 9.17) is 38.2 Å². The van der Waals surface area contributed by atoms with Crippen LogP contribution in [0, 0.1) is 0 Å². The number of rotatable bonds is 20. The average Bonchev–Trinajstić information content (AvgIpc) is 3.76. The maximum Gasteiger partial charge on any atom is 0.280 e. The Bertz CT molecular complexity index is 2050. The van der Waals surface area contributed by atoms with Crippen molar-refractivity contribution in [2.45, 2.75) is 90.5 Å². The molecule has 3 aromatic heterocycles. The minimum Gasteiger partial charge on any atom is -0.493 e. The number of fused-ring (bicyclic) bond motifs is 1. The summed E-state index contributed by atoms with van der Waals surface area (Å²) >= 11 is 0. The van der Waals surface area contributed by atoms with Crippen molar-refractivity contribution in [2.24, 2.45) is 0 Å². The average molecular weight is 792 g/mol. The van der Waals surface area contributed by atoms with Crippen LogP contribution >= 0.6 is 0 Å². The molecule has 0 atom stereocenters. The number of benzene rings is 2. The first-order valence-electron chi connectivity index (χ1n) is 18.6. The fourth-order valence-electron chi connectivity index (χ4n) is 5.53. The summed E-state index contributed by atoms with van der Waals surface area (Å²) in [5.41, 5.74) is 3.47. The Morgan fingerprint density at radius 3 is 2.06 bits per heavy atom. The predicted molar refractivity (Wildman–Crippen MR) is 223 cm³/mol. The first-order valence-corrected chi connectivity index (χ1v) is 29.7. The van der Waals surface area contributed by atoms with Crippen LogP contribution in [-0.4, -0.2) is 82.3 Å². The van der Waals surface area contributed by atoms with E-state index in [1.807, 2.05) is 41.0 Å². The number of aromatic nitrogens is 5. The summed E-state index contributed by atoms with van der Waals surface area (Å²) in [7, 11) is -2.37. The number of hydrogen-bond acceptors (Lipinski definition) is 10. The molecular weight excluding hydrogens is 735 g/mol. The van der Waals surface area contributed by atoms with E-state index in [2.05, 4.69) is 63.9 Å². The summed E-state index contributed by atoms with van der Waals surface area (Å²) in [6.45, 7) is 22.8. The number of hydrogen-bond donors (Lipinski definition) is 0. The summed E-state index contributed by atoms with van der Waals surface area (Å²) < 4.78 is 39.4. The smallest absolute Gasteiger partial charge is 0.280 e. The van der Waals surface area contributed by atoms with Crippen molar-refractivity contribution in [1.29, 1.82) is 0 Å². The maximum absolute atomic E-state index is 14.4. The Hall–Kier alpha value is -3.87. The van der Waals surface area contributed by atoms with Crippen LogP contribution in [0.4, 0.5) is 0 Å². The highest BCUT2D eigenvalue weighted by Crippen LogP contribution is 2.42. The molecule has 0 N–H and O–H groups in total. The van der Waals surface area contributed by atoms with Crippen molar-refractivity contribution >= 4 is 35.3 Å². The minimum atomic E-state index is -1.37. The highest BCUT2D eigenvalue weighted by atomic mass is 28.3. The third-order valence-corrected chi connectivity index (χ3v) is 14.0. The SMILES string of the molecule is COc1cc(-c2cc(-c3nc4ccccc4n3COCC[Si](C)(C)C)c(=O)n(COCC[Si](C)(C)C)n2)cc(-c2cnco2)c1OCOCC[Si](C)(C)C. The number of nitrogens with zero attached hydrogens (tertiary/aromatic N) is 5.